The zero-order valence-corrected chi connectivity index (χ0v) is 20.6. The molecule has 0 atom stereocenters. The molecule has 0 spiro atoms. The molecule has 1 heterocycles. The van der Waals surface area contributed by atoms with Crippen molar-refractivity contribution < 1.29 is 14.2 Å². The lowest BCUT2D eigenvalue weighted by molar-refractivity contribution is 0.362. The average Bonchev–Trinajstić information content (AvgIpc) is 3.07. The summed E-state index contributed by atoms with van der Waals surface area (Å²) in [6, 6.07) is 12.7. The minimum absolute atomic E-state index is 0.167. The van der Waals surface area contributed by atoms with E-state index in [4.69, 9.17) is 49.0 Å². The van der Waals surface area contributed by atoms with E-state index >= 15 is 0 Å². The molecule has 0 bridgehead atoms. The van der Waals surface area contributed by atoms with Gasteiger partial charge >= 0.3 is 0 Å². The van der Waals surface area contributed by atoms with E-state index in [1.165, 1.54) is 0 Å². The van der Waals surface area contributed by atoms with Crippen LogP contribution >= 0.6 is 34.8 Å². The highest BCUT2D eigenvalue weighted by Gasteiger charge is 2.18. The summed E-state index contributed by atoms with van der Waals surface area (Å²) in [6.07, 6.45) is 2.40. The van der Waals surface area contributed by atoms with E-state index in [1.54, 1.807) is 42.5 Å². The molecule has 1 aromatic heterocycles. The number of hydrogen-bond acceptors (Lipinski definition) is 4. The van der Waals surface area contributed by atoms with Crippen molar-refractivity contribution >= 4 is 34.8 Å². The Morgan fingerprint density at radius 3 is 2.28 bits per heavy atom. The summed E-state index contributed by atoms with van der Waals surface area (Å²) >= 11 is 17.6. The maximum absolute atomic E-state index is 6.50. The lowest BCUT2D eigenvalue weighted by Gasteiger charge is -2.14. The molecule has 0 radical (unpaired) electrons. The zero-order chi connectivity index (χ0) is 23.3. The zero-order valence-electron chi connectivity index (χ0n) is 18.4. The SMILES string of the molecule is CCc1nn(C(C)C)c(Oc2ccc(Oc3ccc(OCC=C(Cl)Cl)cc3)cc2Cl)c1C. The fourth-order valence-corrected chi connectivity index (χ4v) is 3.36. The van der Waals surface area contributed by atoms with Crippen LogP contribution in [0.25, 0.3) is 0 Å². The van der Waals surface area contributed by atoms with Crippen LogP contribution in [0.2, 0.25) is 5.02 Å². The minimum Gasteiger partial charge on any atom is -0.489 e. The lowest BCUT2D eigenvalue weighted by atomic mass is 10.2. The van der Waals surface area contributed by atoms with E-state index in [0.717, 1.165) is 17.7 Å². The molecule has 170 valence electrons. The second-order valence-electron chi connectivity index (χ2n) is 7.34. The number of hydrogen-bond donors (Lipinski definition) is 0. The molecule has 0 aliphatic carbocycles. The molecule has 0 N–H and O–H groups in total. The van der Waals surface area contributed by atoms with Crippen molar-refractivity contribution in [1.82, 2.24) is 9.78 Å². The first-order chi connectivity index (χ1) is 15.3. The first-order valence-electron chi connectivity index (χ1n) is 10.3. The van der Waals surface area contributed by atoms with E-state index in [1.807, 2.05) is 17.7 Å². The maximum atomic E-state index is 6.50. The Labute approximate surface area is 203 Å². The van der Waals surface area contributed by atoms with Crippen LogP contribution in [0, 0.1) is 6.92 Å². The summed E-state index contributed by atoms with van der Waals surface area (Å²) in [5.74, 6) is 3.16. The molecule has 0 fully saturated rings. The Morgan fingerprint density at radius 1 is 1.03 bits per heavy atom. The topological polar surface area (TPSA) is 45.5 Å². The van der Waals surface area contributed by atoms with E-state index in [2.05, 4.69) is 25.9 Å². The third-order valence-corrected chi connectivity index (χ3v) is 5.28. The van der Waals surface area contributed by atoms with Crippen molar-refractivity contribution in [1.29, 1.82) is 0 Å². The molecule has 5 nitrogen and oxygen atoms in total. The molecule has 0 amide bonds. The minimum atomic E-state index is 0.167. The number of rotatable bonds is 9. The van der Waals surface area contributed by atoms with Crippen molar-refractivity contribution in [3.8, 4) is 28.9 Å². The fraction of sp³-hybridized carbons (Fsp3) is 0.292. The van der Waals surface area contributed by atoms with Gasteiger partial charge < -0.3 is 14.2 Å². The summed E-state index contributed by atoms with van der Waals surface area (Å²) in [5.41, 5.74) is 2.03. The van der Waals surface area contributed by atoms with Crippen LogP contribution in [-0.4, -0.2) is 16.4 Å². The van der Waals surface area contributed by atoms with Crippen LogP contribution in [0.1, 0.15) is 38.1 Å². The van der Waals surface area contributed by atoms with Crippen molar-refractivity contribution in [2.24, 2.45) is 0 Å². The summed E-state index contributed by atoms with van der Waals surface area (Å²) in [4.78, 5) is 0. The van der Waals surface area contributed by atoms with Crippen LogP contribution in [0.3, 0.4) is 0 Å². The molecule has 8 heteroatoms. The quantitative estimate of drug-likeness (QED) is 0.300. The van der Waals surface area contributed by atoms with Crippen molar-refractivity contribution in [3.63, 3.8) is 0 Å². The molecule has 2 aromatic carbocycles. The van der Waals surface area contributed by atoms with Gasteiger partial charge in [0.05, 0.1) is 16.8 Å². The summed E-state index contributed by atoms with van der Waals surface area (Å²) in [6.45, 7) is 8.51. The highest BCUT2D eigenvalue weighted by molar-refractivity contribution is 6.55. The van der Waals surface area contributed by atoms with E-state index < -0.39 is 0 Å². The van der Waals surface area contributed by atoms with Gasteiger partial charge in [0.25, 0.3) is 0 Å². The van der Waals surface area contributed by atoms with Gasteiger partial charge in [0.2, 0.25) is 5.88 Å². The normalized spacial score (nSPS) is 10.9. The summed E-state index contributed by atoms with van der Waals surface area (Å²) < 4.78 is 19.6. The average molecular weight is 496 g/mol. The van der Waals surface area contributed by atoms with Crippen LogP contribution in [0.15, 0.2) is 53.0 Å². The molecule has 3 rings (SSSR count). The van der Waals surface area contributed by atoms with Gasteiger partial charge in [0.1, 0.15) is 34.1 Å². The van der Waals surface area contributed by atoms with Crippen molar-refractivity contribution in [2.45, 2.75) is 40.2 Å². The maximum Gasteiger partial charge on any atom is 0.221 e. The van der Waals surface area contributed by atoms with Gasteiger partial charge in [-0.1, -0.05) is 41.7 Å². The highest BCUT2D eigenvalue weighted by Crippen LogP contribution is 2.37. The number of benzene rings is 2. The second-order valence-corrected chi connectivity index (χ2v) is 8.76. The second kappa shape index (κ2) is 11.0. The molecular weight excluding hydrogens is 471 g/mol. The van der Waals surface area contributed by atoms with Gasteiger partial charge in [-0.3, -0.25) is 0 Å². The smallest absolute Gasteiger partial charge is 0.221 e. The van der Waals surface area contributed by atoms with Gasteiger partial charge in [0, 0.05) is 11.6 Å². The summed E-state index contributed by atoms with van der Waals surface area (Å²) in [7, 11) is 0. The molecule has 0 saturated carbocycles. The van der Waals surface area contributed by atoms with E-state index in [-0.39, 0.29) is 17.1 Å². The molecular formula is C24H25Cl3N2O3. The summed E-state index contributed by atoms with van der Waals surface area (Å²) in [5, 5.41) is 5.10. The Bertz CT molecular complexity index is 1090. The predicted molar refractivity (Wildman–Crippen MR) is 130 cm³/mol. The number of nitrogens with zero attached hydrogens (tertiary/aromatic N) is 2. The number of aromatic nitrogens is 2. The van der Waals surface area contributed by atoms with E-state index in [0.29, 0.717) is 33.9 Å². The molecule has 0 aliphatic heterocycles. The largest absolute Gasteiger partial charge is 0.489 e. The van der Waals surface area contributed by atoms with Crippen molar-refractivity contribution in [2.75, 3.05) is 6.61 Å². The van der Waals surface area contributed by atoms with Crippen molar-refractivity contribution in [3.05, 3.63) is 69.3 Å². The first kappa shape index (κ1) is 24.3. The molecule has 0 aliphatic rings. The van der Waals surface area contributed by atoms with Crippen LogP contribution in [-0.2, 0) is 6.42 Å². The van der Waals surface area contributed by atoms with Crippen LogP contribution in [0.4, 0.5) is 0 Å². The molecule has 32 heavy (non-hydrogen) atoms. The van der Waals surface area contributed by atoms with Gasteiger partial charge in [-0.25, -0.2) is 4.68 Å². The Kier molecular flexibility index (Phi) is 8.35. The fourth-order valence-electron chi connectivity index (χ4n) is 3.03. The monoisotopic (exact) mass is 494 g/mol. The van der Waals surface area contributed by atoms with E-state index in [9.17, 15) is 0 Å². The molecule has 0 saturated heterocycles. The number of aryl methyl sites for hydroxylation is 1. The standard InChI is InChI=1S/C24H25Cl3N2O3/c1-5-21-16(4)24(29(28-21)15(2)3)32-22-11-10-19(14-20(22)25)31-18-8-6-17(7-9-18)30-13-12-23(26)27/h6-12,14-15H,5,13H2,1-4H3. The first-order valence-corrected chi connectivity index (χ1v) is 11.4. The highest BCUT2D eigenvalue weighted by atomic mass is 35.5. The third kappa shape index (κ3) is 6.12. The number of ether oxygens (including phenoxy) is 3. The Balaban J connectivity index is 1.71. The molecule has 0 unspecified atom stereocenters. The third-order valence-electron chi connectivity index (χ3n) is 4.67. The van der Waals surface area contributed by atoms with Gasteiger partial charge in [-0.2, -0.15) is 5.10 Å². The number of halogens is 3. The lowest BCUT2D eigenvalue weighted by Crippen LogP contribution is -2.05. The van der Waals surface area contributed by atoms with Gasteiger partial charge in [-0.05, 0) is 69.7 Å². The Hall–Kier alpha value is -2.34. The van der Waals surface area contributed by atoms with Gasteiger partial charge in [-0.15, -0.1) is 0 Å². The predicted octanol–water partition coefficient (Wildman–Crippen LogP) is 8.27. The Morgan fingerprint density at radius 2 is 1.69 bits per heavy atom. The molecule has 3 aromatic rings. The van der Waals surface area contributed by atoms with Crippen LogP contribution in [0.5, 0.6) is 28.9 Å². The van der Waals surface area contributed by atoms with Gasteiger partial charge in [0.15, 0.2) is 0 Å². The van der Waals surface area contributed by atoms with Crippen LogP contribution < -0.4 is 14.2 Å².